The van der Waals surface area contributed by atoms with Crippen LogP contribution in [0, 0.1) is 11.6 Å². The number of anilines is 2. The number of aromatic nitrogens is 2. The van der Waals surface area contributed by atoms with Crippen molar-refractivity contribution in [1.29, 1.82) is 0 Å². The van der Waals surface area contributed by atoms with E-state index >= 15 is 8.78 Å². The SMILES string of the molecule is CCN(C)S(=O)(=O)Nc1ccc(F)c(C(=O)c2c[nH]c3ncc(-c4ccc(CN5CCN(CC(=O)N6CCC(c7ccc(NC8CCC(=O)NC8=O)cc7)CC6)CC5)cc4)cc23)c1F.O=C(O)C(F)(F)F. The summed E-state index contributed by atoms with van der Waals surface area (Å²) in [5, 5.41) is 13.1. The zero-order valence-corrected chi connectivity index (χ0v) is 39.5. The number of fused-ring (bicyclic) bond motifs is 1. The molecule has 3 aliphatic rings. The number of pyridine rings is 1. The third kappa shape index (κ3) is 12.8. The van der Waals surface area contributed by atoms with Gasteiger partial charge in [0, 0.05) is 100 Å². The second kappa shape index (κ2) is 22.1. The van der Waals surface area contributed by atoms with E-state index in [9.17, 15) is 40.8 Å². The van der Waals surface area contributed by atoms with Gasteiger partial charge in [-0.1, -0.05) is 43.3 Å². The highest BCUT2D eigenvalue weighted by Crippen LogP contribution is 2.32. The molecule has 3 aromatic carbocycles. The molecule has 5 heterocycles. The first-order valence-electron chi connectivity index (χ1n) is 22.8. The smallest absolute Gasteiger partial charge is 0.475 e. The molecule has 8 rings (SSSR count). The lowest BCUT2D eigenvalue weighted by molar-refractivity contribution is -0.192. The van der Waals surface area contributed by atoms with E-state index in [1.165, 1.54) is 18.8 Å². The number of aliphatic carboxylic acids is 1. The van der Waals surface area contributed by atoms with Crippen molar-refractivity contribution in [3.63, 3.8) is 0 Å². The van der Waals surface area contributed by atoms with Gasteiger partial charge < -0.3 is 20.3 Å². The number of ketones is 1. The van der Waals surface area contributed by atoms with Crippen LogP contribution in [0.2, 0.25) is 0 Å². The number of carbonyl (C=O) groups excluding carboxylic acids is 4. The number of amides is 3. The van der Waals surface area contributed by atoms with Gasteiger partial charge in [0.1, 0.15) is 17.5 Å². The normalized spacial score (nSPS) is 17.4. The van der Waals surface area contributed by atoms with Crippen molar-refractivity contribution < 1.29 is 59.4 Å². The molecule has 3 aliphatic heterocycles. The van der Waals surface area contributed by atoms with E-state index < -0.39 is 57.1 Å². The number of carboxylic acids is 1. The van der Waals surface area contributed by atoms with Crippen LogP contribution in [-0.4, -0.2) is 144 Å². The zero-order chi connectivity index (χ0) is 51.2. The van der Waals surface area contributed by atoms with E-state index in [1.807, 2.05) is 41.3 Å². The van der Waals surface area contributed by atoms with Crippen molar-refractivity contribution in [3.05, 3.63) is 113 Å². The number of imide groups is 1. The third-order valence-electron chi connectivity index (χ3n) is 12.8. The van der Waals surface area contributed by atoms with Crippen molar-refractivity contribution >= 4 is 62.1 Å². The number of benzene rings is 3. The van der Waals surface area contributed by atoms with Crippen molar-refractivity contribution in [2.24, 2.45) is 0 Å². The van der Waals surface area contributed by atoms with Crippen LogP contribution in [0.1, 0.15) is 65.6 Å². The first-order chi connectivity index (χ1) is 33.7. The number of nitrogens with zero attached hydrogens (tertiary/aromatic N) is 5. The van der Waals surface area contributed by atoms with E-state index in [4.69, 9.17) is 9.90 Å². The molecule has 0 spiro atoms. The number of likely N-dealkylation sites (tertiary alicyclic amines) is 1. The summed E-state index contributed by atoms with van der Waals surface area (Å²) in [7, 11) is -2.83. The number of carboxylic acid groups (broad SMARTS) is 1. The molecule has 378 valence electrons. The Balaban J connectivity index is 0.000000985. The summed E-state index contributed by atoms with van der Waals surface area (Å²) in [5.41, 5.74) is 3.58. The molecule has 2 aromatic heterocycles. The summed E-state index contributed by atoms with van der Waals surface area (Å²) in [6, 6.07) is 19.2. The van der Waals surface area contributed by atoms with Crippen molar-refractivity contribution in [2.45, 2.75) is 57.3 Å². The molecule has 3 fully saturated rings. The maximum Gasteiger partial charge on any atom is 0.490 e. The fourth-order valence-electron chi connectivity index (χ4n) is 8.51. The molecule has 1 atom stereocenters. The molecule has 3 saturated heterocycles. The number of aromatic amines is 1. The Morgan fingerprint density at radius 3 is 2.15 bits per heavy atom. The summed E-state index contributed by atoms with van der Waals surface area (Å²) in [4.78, 5) is 73.4. The predicted molar refractivity (Wildman–Crippen MR) is 252 cm³/mol. The van der Waals surface area contributed by atoms with Crippen molar-refractivity contribution in [1.82, 2.24) is 34.3 Å². The predicted octanol–water partition coefficient (Wildman–Crippen LogP) is 5.72. The van der Waals surface area contributed by atoms with Crippen LogP contribution in [0.25, 0.3) is 22.2 Å². The number of piperidine rings is 2. The van der Waals surface area contributed by atoms with E-state index in [-0.39, 0.29) is 29.8 Å². The Morgan fingerprint density at radius 2 is 1.54 bits per heavy atom. The monoisotopic (exact) mass is 1010 g/mol. The lowest BCUT2D eigenvalue weighted by Crippen LogP contribution is -2.50. The minimum absolute atomic E-state index is 0.0165. The van der Waals surface area contributed by atoms with Gasteiger partial charge >= 0.3 is 22.4 Å². The molecule has 0 radical (unpaired) electrons. The van der Waals surface area contributed by atoms with Gasteiger partial charge in [0.05, 0.1) is 17.8 Å². The molecule has 0 bridgehead atoms. The van der Waals surface area contributed by atoms with Gasteiger partial charge in [0.15, 0.2) is 5.82 Å². The fourth-order valence-corrected chi connectivity index (χ4v) is 9.45. The van der Waals surface area contributed by atoms with E-state index in [2.05, 4.69) is 47.3 Å². The second-order valence-corrected chi connectivity index (χ2v) is 19.2. The van der Waals surface area contributed by atoms with Gasteiger partial charge in [-0.05, 0) is 72.2 Å². The van der Waals surface area contributed by atoms with Gasteiger partial charge in [-0.2, -0.15) is 25.9 Å². The topological polar surface area (TPSA) is 217 Å². The molecule has 0 aliphatic carbocycles. The Bertz CT molecular complexity index is 2890. The molecule has 17 nitrogen and oxygen atoms in total. The van der Waals surface area contributed by atoms with Gasteiger partial charge in [-0.3, -0.25) is 39.0 Å². The van der Waals surface area contributed by atoms with Crippen LogP contribution in [0.4, 0.5) is 33.3 Å². The van der Waals surface area contributed by atoms with Gasteiger partial charge in [-0.15, -0.1) is 0 Å². The number of H-pyrrole nitrogens is 1. The summed E-state index contributed by atoms with van der Waals surface area (Å²) in [6.45, 7) is 7.48. The molecule has 1 unspecified atom stereocenters. The van der Waals surface area contributed by atoms with Crippen molar-refractivity contribution in [2.75, 3.05) is 69.4 Å². The van der Waals surface area contributed by atoms with E-state index in [0.717, 1.165) is 78.8 Å². The van der Waals surface area contributed by atoms with Crippen LogP contribution in [-0.2, 0) is 35.9 Å². The Hall–Kier alpha value is -6.82. The highest BCUT2D eigenvalue weighted by atomic mass is 32.2. The van der Waals surface area contributed by atoms with Crippen LogP contribution in [0.5, 0.6) is 0 Å². The molecule has 5 N–H and O–H groups in total. The number of piperazine rings is 1. The van der Waals surface area contributed by atoms with Crippen LogP contribution >= 0.6 is 0 Å². The lowest BCUT2D eigenvalue weighted by Gasteiger charge is -2.37. The average molecular weight is 1010 g/mol. The van der Waals surface area contributed by atoms with Gasteiger partial charge in [0.25, 0.3) is 0 Å². The average Bonchev–Trinajstić information content (AvgIpc) is 3.78. The van der Waals surface area contributed by atoms with Gasteiger partial charge in [-0.25, -0.2) is 18.6 Å². The van der Waals surface area contributed by atoms with Gasteiger partial charge in [0.2, 0.25) is 23.5 Å². The minimum Gasteiger partial charge on any atom is -0.475 e. The standard InChI is InChI=1S/C46H51F2N9O6S.C2HF3O2/c1-3-54(2)64(62,63)53-38-13-12-37(47)42(43(38)48)44(60)36-26-50-45-35(36)24-33(25-49-45)31-6-4-29(5-7-31)27-55-20-22-56(23-21-55)28-41(59)57-18-16-32(17-19-57)30-8-10-34(11-9-30)51-39-14-15-40(58)52-46(39)61;3-2(4,5)1(6)7/h4-13,24-26,32,39,51,53H,3,14-23,27-28H2,1-2H3,(H,49,50)(H,52,58,61);(H,6,7). The molecule has 71 heavy (non-hydrogen) atoms. The van der Waals surface area contributed by atoms with Crippen LogP contribution in [0.15, 0.2) is 79.1 Å². The summed E-state index contributed by atoms with van der Waals surface area (Å²) < 4.78 is 90.5. The summed E-state index contributed by atoms with van der Waals surface area (Å²) in [5.74, 6) is -6.19. The quantitative estimate of drug-likeness (QED) is 0.0513. The lowest BCUT2D eigenvalue weighted by atomic mass is 9.89. The molecule has 23 heteroatoms. The number of hydrogen-bond acceptors (Lipinski definition) is 11. The Morgan fingerprint density at radius 1 is 0.887 bits per heavy atom. The largest absolute Gasteiger partial charge is 0.490 e. The number of rotatable bonds is 14. The Kier molecular flexibility index (Phi) is 16.2. The van der Waals surface area contributed by atoms with Crippen LogP contribution < -0.4 is 15.4 Å². The number of nitrogens with one attached hydrogen (secondary N) is 4. The fraction of sp³-hybridized carbons (Fsp3) is 0.375. The third-order valence-corrected chi connectivity index (χ3v) is 14.3. The summed E-state index contributed by atoms with van der Waals surface area (Å²) >= 11 is 0. The number of carbonyl (C=O) groups is 5. The molecular weight excluding hydrogens is 958 g/mol. The van der Waals surface area contributed by atoms with E-state index in [0.29, 0.717) is 55.0 Å². The number of hydrogen-bond donors (Lipinski definition) is 5. The van der Waals surface area contributed by atoms with Crippen LogP contribution in [0.3, 0.4) is 0 Å². The first-order valence-corrected chi connectivity index (χ1v) is 24.2. The second-order valence-electron chi connectivity index (χ2n) is 17.4. The van der Waals surface area contributed by atoms with Crippen molar-refractivity contribution in [3.8, 4) is 11.1 Å². The van der Waals surface area contributed by atoms with E-state index in [1.54, 1.807) is 19.2 Å². The maximum absolute atomic E-state index is 15.6. The first kappa shape index (κ1) is 52.0. The molecular formula is C48H52F5N9O8S. The highest BCUT2D eigenvalue weighted by molar-refractivity contribution is 7.90. The number of alkyl halides is 3. The highest BCUT2D eigenvalue weighted by Gasteiger charge is 2.38. The molecule has 3 amide bonds. The molecule has 5 aromatic rings. The maximum atomic E-state index is 15.6. The summed E-state index contributed by atoms with van der Waals surface area (Å²) in [6.07, 6.45) is 0.480. The number of halogens is 5. The zero-order valence-electron chi connectivity index (χ0n) is 38.7. The minimum atomic E-state index is -5.08. The Labute approximate surface area is 405 Å². The molecule has 0 saturated carbocycles.